The average molecular weight is 584 g/mol. The second-order valence-corrected chi connectivity index (χ2v) is 10.2. The van der Waals surface area contributed by atoms with E-state index in [-0.39, 0.29) is 47.5 Å². The molecule has 0 radical (unpaired) electrons. The normalized spacial score (nSPS) is 25.6. The summed E-state index contributed by atoms with van der Waals surface area (Å²) in [5, 5.41) is 32.2. The van der Waals surface area contributed by atoms with Crippen molar-refractivity contribution in [3.05, 3.63) is 52.1 Å². The van der Waals surface area contributed by atoms with Crippen molar-refractivity contribution < 1.29 is 20.1 Å². The lowest BCUT2D eigenvalue weighted by Crippen LogP contribution is -2.36. The summed E-state index contributed by atoms with van der Waals surface area (Å²) in [7, 11) is 1.79. The van der Waals surface area contributed by atoms with Crippen molar-refractivity contribution in [3.63, 3.8) is 0 Å². The van der Waals surface area contributed by atoms with E-state index in [2.05, 4.69) is 29.3 Å². The highest BCUT2D eigenvalue weighted by atomic mass is 79.9. The van der Waals surface area contributed by atoms with Crippen LogP contribution in [0.4, 0.5) is 0 Å². The van der Waals surface area contributed by atoms with Gasteiger partial charge in [-0.3, -0.25) is 4.90 Å². The third-order valence-corrected chi connectivity index (χ3v) is 8.59. The zero-order chi connectivity index (χ0) is 23.8. The Hall–Kier alpha value is -1.51. The minimum Gasteiger partial charge on any atom is -0.504 e. The number of phenols is 2. The first-order valence-corrected chi connectivity index (χ1v) is 12.8. The molecule has 2 aliphatic carbocycles. The Balaban J connectivity index is 0.000000191. The number of aryl methyl sites for hydroxylation is 1. The predicted octanol–water partition coefficient (Wildman–Crippen LogP) is 4.59. The number of nitrogens with zero attached hydrogens (tertiary/aromatic N) is 1. The number of ether oxygens (including phenoxy) is 1. The number of rotatable bonds is 3. The summed E-state index contributed by atoms with van der Waals surface area (Å²) in [4.78, 5) is 2.34. The maximum Gasteiger partial charge on any atom is 0.160 e. The first kappa shape index (κ1) is 29.1. The molecule has 0 unspecified atom stereocenters. The molecule has 4 aliphatic rings. The lowest BCUT2D eigenvalue weighted by molar-refractivity contribution is 0.171. The molecule has 6 rings (SSSR count). The number of hydrogen-bond donors (Lipinski definition) is 4. The highest BCUT2D eigenvalue weighted by Gasteiger charge is 2.39. The van der Waals surface area contributed by atoms with Gasteiger partial charge in [0.2, 0.25) is 0 Å². The van der Waals surface area contributed by atoms with E-state index in [1.165, 1.54) is 41.6 Å². The van der Waals surface area contributed by atoms with Gasteiger partial charge < -0.3 is 25.4 Å². The maximum atomic E-state index is 9.93. The number of β-amino-alcohol motifs (C(OH)–C–C–N with tert-alkyl or cyclic N) is 1. The molecule has 36 heavy (non-hydrogen) atoms. The van der Waals surface area contributed by atoms with Crippen molar-refractivity contribution in [2.75, 3.05) is 33.4 Å². The Kier molecular flexibility index (Phi) is 9.97. The van der Waals surface area contributed by atoms with Crippen molar-refractivity contribution in [2.45, 2.75) is 69.4 Å². The Labute approximate surface area is 231 Å². The number of nitrogens with one attached hydrogen (secondary N) is 1. The van der Waals surface area contributed by atoms with Crippen molar-refractivity contribution in [3.8, 4) is 17.2 Å². The van der Waals surface area contributed by atoms with E-state index in [0.717, 1.165) is 56.0 Å². The molecule has 4 N–H and O–H groups in total. The number of halogens is 2. The number of aliphatic hydroxyl groups excluding tert-OH is 1. The van der Waals surface area contributed by atoms with Gasteiger partial charge in [0.15, 0.2) is 11.5 Å². The molecule has 4 atom stereocenters. The van der Waals surface area contributed by atoms with Crippen LogP contribution in [0.15, 0.2) is 24.3 Å². The SMILES string of the molecule is Br.COc1c(C)ccc2c1CC[C@@H]1NCC[C@H]21.Cl.OCCN1CC[C@@H]2c3ccc(O)c(O)c3CC[C@@H]21. The van der Waals surface area contributed by atoms with Crippen molar-refractivity contribution >= 4 is 29.4 Å². The van der Waals surface area contributed by atoms with Gasteiger partial charge in [0, 0.05) is 36.0 Å². The quantitative estimate of drug-likeness (QED) is 0.396. The van der Waals surface area contributed by atoms with Crippen LogP contribution >= 0.6 is 29.4 Å². The number of hydrogen-bond acceptors (Lipinski definition) is 6. The van der Waals surface area contributed by atoms with Crippen LogP contribution in [-0.4, -0.2) is 65.7 Å². The zero-order valence-electron chi connectivity index (χ0n) is 21.2. The summed E-state index contributed by atoms with van der Waals surface area (Å²) in [6.45, 7) is 5.26. The summed E-state index contributed by atoms with van der Waals surface area (Å²) in [6.07, 6.45) is 6.57. The molecule has 0 aromatic heterocycles. The van der Waals surface area contributed by atoms with Crippen LogP contribution < -0.4 is 10.1 Å². The molecule has 2 aromatic rings. The Morgan fingerprint density at radius 3 is 2.44 bits per heavy atom. The van der Waals surface area contributed by atoms with E-state index in [4.69, 9.17) is 9.84 Å². The van der Waals surface area contributed by atoms with E-state index < -0.39 is 0 Å². The molecule has 0 spiro atoms. The first-order chi connectivity index (χ1) is 16.5. The van der Waals surface area contributed by atoms with E-state index in [9.17, 15) is 10.2 Å². The Morgan fingerprint density at radius 1 is 0.972 bits per heavy atom. The average Bonchev–Trinajstić information content (AvgIpc) is 3.49. The number of benzene rings is 2. The molecule has 6 nitrogen and oxygen atoms in total. The van der Waals surface area contributed by atoms with Crippen LogP contribution in [0.5, 0.6) is 17.2 Å². The van der Waals surface area contributed by atoms with Crippen molar-refractivity contribution in [1.29, 1.82) is 0 Å². The van der Waals surface area contributed by atoms with Gasteiger partial charge in [-0.25, -0.2) is 0 Å². The molecule has 0 bridgehead atoms. The maximum absolute atomic E-state index is 9.93. The molecule has 2 saturated heterocycles. The van der Waals surface area contributed by atoms with Crippen LogP contribution in [0.3, 0.4) is 0 Å². The van der Waals surface area contributed by atoms with E-state index in [0.29, 0.717) is 18.0 Å². The molecule has 0 amide bonds. The molecule has 0 saturated carbocycles. The molecule has 2 heterocycles. The van der Waals surface area contributed by atoms with Gasteiger partial charge in [0.1, 0.15) is 5.75 Å². The molecule has 200 valence electrons. The van der Waals surface area contributed by atoms with Crippen LogP contribution in [0.25, 0.3) is 0 Å². The number of likely N-dealkylation sites (tertiary alicyclic amines) is 1. The summed E-state index contributed by atoms with van der Waals surface area (Å²) < 4.78 is 5.57. The zero-order valence-corrected chi connectivity index (χ0v) is 23.7. The summed E-state index contributed by atoms with van der Waals surface area (Å²) in [5.41, 5.74) is 6.37. The number of aliphatic hydroxyl groups is 1. The van der Waals surface area contributed by atoms with Gasteiger partial charge in [0.05, 0.1) is 13.7 Å². The van der Waals surface area contributed by atoms with Crippen LogP contribution in [0.2, 0.25) is 0 Å². The monoisotopic (exact) mass is 582 g/mol. The largest absolute Gasteiger partial charge is 0.504 e. The predicted molar refractivity (Wildman–Crippen MR) is 151 cm³/mol. The molecular formula is C28H40BrClN2O4. The fraction of sp³-hybridized carbons (Fsp3) is 0.571. The van der Waals surface area contributed by atoms with Crippen LogP contribution in [-0.2, 0) is 12.8 Å². The number of methoxy groups -OCH3 is 1. The van der Waals surface area contributed by atoms with Crippen molar-refractivity contribution in [2.24, 2.45) is 0 Å². The van der Waals surface area contributed by atoms with Gasteiger partial charge in [0.25, 0.3) is 0 Å². The minimum absolute atomic E-state index is 0. The summed E-state index contributed by atoms with van der Waals surface area (Å²) >= 11 is 0. The van der Waals surface area contributed by atoms with Crippen LogP contribution in [0.1, 0.15) is 65.3 Å². The van der Waals surface area contributed by atoms with Crippen molar-refractivity contribution in [1.82, 2.24) is 10.2 Å². The molecule has 8 heteroatoms. The van der Waals surface area contributed by atoms with Gasteiger partial charge in [-0.15, -0.1) is 29.4 Å². The minimum atomic E-state index is -0.0163. The second kappa shape index (κ2) is 12.4. The molecular weight excluding hydrogens is 544 g/mol. The topological polar surface area (TPSA) is 85.2 Å². The number of fused-ring (bicyclic) bond motifs is 6. The van der Waals surface area contributed by atoms with E-state index in [1.54, 1.807) is 13.2 Å². The number of phenolic OH excluding ortho intramolecular Hbond substituents is 2. The summed E-state index contributed by atoms with van der Waals surface area (Å²) in [6, 6.07) is 9.25. The smallest absolute Gasteiger partial charge is 0.160 e. The van der Waals surface area contributed by atoms with E-state index in [1.807, 2.05) is 6.07 Å². The lowest BCUT2D eigenvalue weighted by atomic mass is 9.79. The fourth-order valence-corrected chi connectivity index (χ4v) is 7.00. The third-order valence-electron chi connectivity index (χ3n) is 8.59. The Bertz CT molecular complexity index is 1050. The molecule has 2 fully saturated rings. The highest BCUT2D eigenvalue weighted by molar-refractivity contribution is 8.93. The highest BCUT2D eigenvalue weighted by Crippen LogP contribution is 2.46. The first-order valence-electron chi connectivity index (χ1n) is 12.8. The molecule has 2 aromatic carbocycles. The fourth-order valence-electron chi connectivity index (χ4n) is 7.00. The van der Waals surface area contributed by atoms with E-state index >= 15 is 0 Å². The lowest BCUT2D eigenvalue weighted by Gasteiger charge is -2.33. The second-order valence-electron chi connectivity index (χ2n) is 10.2. The van der Waals surface area contributed by atoms with Gasteiger partial charge >= 0.3 is 0 Å². The summed E-state index contributed by atoms with van der Waals surface area (Å²) in [5.74, 6) is 2.33. The molecule has 2 aliphatic heterocycles. The third kappa shape index (κ3) is 5.23. The van der Waals surface area contributed by atoms with Gasteiger partial charge in [-0.1, -0.05) is 18.2 Å². The standard InChI is InChI=1S/C14H19NO3.C14H19NO.BrH.ClH/c16-8-7-15-6-5-10-9-2-4-13(17)14(18)11(9)1-3-12(10)15;1-9-3-4-10-11-7-8-15-13(11)6-5-12(10)14(9)16-2;;/h2,4,10,12,16-18H,1,3,5-8H2;3-4,11,13,15H,5-8H2,1-2H3;2*1H/t10-,12+;11-,13+;;/m11../s1. The van der Waals surface area contributed by atoms with Gasteiger partial charge in [-0.2, -0.15) is 0 Å². The van der Waals surface area contributed by atoms with Gasteiger partial charge in [-0.05, 0) is 86.9 Å². The number of aromatic hydroxyl groups is 2. The van der Waals surface area contributed by atoms with Crippen LogP contribution in [0, 0.1) is 6.92 Å². The Morgan fingerprint density at radius 2 is 1.69 bits per heavy atom.